The van der Waals surface area contributed by atoms with E-state index in [1.807, 2.05) is 31.2 Å². The van der Waals surface area contributed by atoms with E-state index in [1.165, 1.54) is 23.1 Å². The largest absolute Gasteiger partial charge is 0.486 e. The average molecular weight is 410 g/mol. The number of nitrogens with one attached hydrogen (secondary N) is 1. The van der Waals surface area contributed by atoms with Gasteiger partial charge in [0.15, 0.2) is 20.2 Å². The lowest BCUT2D eigenvalue weighted by Gasteiger charge is -2.26. The Hall–Kier alpha value is -1.71. The molecule has 9 heteroatoms. The molecule has 2 aromatic rings. The molecule has 0 aliphatic carbocycles. The van der Waals surface area contributed by atoms with Gasteiger partial charge in [0, 0.05) is 5.75 Å². The normalized spacial score (nSPS) is 15.5. The molecule has 1 unspecified atom stereocenters. The number of hydrogen-bond donors (Lipinski definition) is 1. The molecule has 1 atom stereocenters. The second-order valence-corrected chi connectivity index (χ2v) is 9.09. The van der Waals surface area contributed by atoms with E-state index in [4.69, 9.17) is 9.47 Å². The van der Waals surface area contributed by atoms with Crippen LogP contribution in [0, 0.1) is 0 Å². The van der Waals surface area contributed by atoms with E-state index in [-0.39, 0.29) is 12.0 Å². The van der Waals surface area contributed by atoms with Crippen molar-refractivity contribution in [3.05, 3.63) is 36.4 Å². The highest BCUT2D eigenvalue weighted by Gasteiger charge is 2.21. The smallest absolute Gasteiger partial charge is 0.230 e. The first kappa shape index (κ1) is 19.1. The molecule has 1 aliphatic rings. The predicted octanol–water partition coefficient (Wildman–Crippen LogP) is 3.25. The van der Waals surface area contributed by atoms with Crippen LogP contribution in [0.2, 0.25) is 0 Å². The van der Waals surface area contributed by atoms with Gasteiger partial charge in [-0.1, -0.05) is 59.1 Å². The number of nitrogens with zero attached hydrogens (tertiary/aromatic N) is 2. The minimum Gasteiger partial charge on any atom is -0.486 e. The van der Waals surface area contributed by atoms with Gasteiger partial charge in [0.05, 0.1) is 12.3 Å². The molecule has 0 saturated carbocycles. The van der Waals surface area contributed by atoms with E-state index >= 15 is 0 Å². The van der Waals surface area contributed by atoms with Crippen molar-refractivity contribution in [2.45, 2.75) is 21.7 Å². The van der Waals surface area contributed by atoms with Crippen molar-refractivity contribution in [2.24, 2.45) is 0 Å². The zero-order chi connectivity index (χ0) is 18.4. The maximum Gasteiger partial charge on any atom is 0.230 e. The number of fused-ring (bicyclic) bond motifs is 1. The summed E-state index contributed by atoms with van der Waals surface area (Å²) in [5.74, 6) is 2.50. The van der Waals surface area contributed by atoms with Gasteiger partial charge in [-0.25, -0.2) is 0 Å². The molecular weight excluding hydrogens is 390 g/mol. The summed E-state index contributed by atoms with van der Waals surface area (Å²) in [5, 5.41) is 11.1. The number of ether oxygens (including phenoxy) is 2. The number of benzene rings is 1. The Morgan fingerprint density at radius 2 is 1.96 bits per heavy atom. The summed E-state index contributed by atoms with van der Waals surface area (Å²) in [5.41, 5.74) is 1.09. The molecule has 0 fully saturated rings. The summed E-state index contributed by atoms with van der Waals surface area (Å²) in [4.78, 5) is 12.0. The van der Waals surface area contributed by atoms with Crippen molar-refractivity contribution < 1.29 is 14.3 Å². The topological polar surface area (TPSA) is 73.3 Å². The van der Waals surface area contributed by atoms with Gasteiger partial charge in [-0.05, 0) is 19.1 Å². The van der Waals surface area contributed by atoms with E-state index in [0.29, 0.717) is 24.7 Å². The van der Waals surface area contributed by atoms with Crippen molar-refractivity contribution in [1.82, 2.24) is 15.5 Å². The Morgan fingerprint density at radius 1 is 1.27 bits per heavy atom. The van der Waals surface area contributed by atoms with Gasteiger partial charge in [-0.3, -0.25) is 4.79 Å². The number of carbonyl (C=O) groups excluding carboxylic acids is 1. The summed E-state index contributed by atoms with van der Waals surface area (Å²) >= 11 is 4.49. The first-order valence-electron chi connectivity index (χ1n) is 7.99. The number of thioether (sulfide) groups is 2. The minimum absolute atomic E-state index is 0.0659. The molecule has 1 aliphatic heterocycles. The van der Waals surface area contributed by atoms with E-state index in [0.717, 1.165) is 25.8 Å². The number of amides is 1. The second-order valence-electron chi connectivity index (χ2n) is 5.67. The number of rotatable bonds is 8. The van der Waals surface area contributed by atoms with Crippen molar-refractivity contribution in [1.29, 1.82) is 0 Å². The molecule has 6 nitrogen and oxygen atoms in total. The lowest BCUT2D eigenvalue weighted by molar-refractivity contribution is -0.119. The molecule has 26 heavy (non-hydrogen) atoms. The molecular formula is C17H19N3O3S3. The van der Waals surface area contributed by atoms with Crippen molar-refractivity contribution in [2.75, 3.05) is 24.7 Å². The van der Waals surface area contributed by atoms with Gasteiger partial charge >= 0.3 is 0 Å². The fraction of sp³-hybridized carbons (Fsp3) is 0.353. The number of carbonyl (C=O) groups is 1. The van der Waals surface area contributed by atoms with Crippen LogP contribution in [-0.4, -0.2) is 46.9 Å². The lowest BCUT2D eigenvalue weighted by atomic mass is 10.2. The van der Waals surface area contributed by atoms with Crippen molar-refractivity contribution in [3.63, 3.8) is 0 Å². The standard InChI is InChI=1S/C17H19N3O3S3/c1-11(2)9-24-16-19-20-17(26-16)25-10-15(21)18-7-12-8-22-13-5-3-4-6-14(13)23-12/h3-6,12H,1,7-10H2,2H3,(H,18,21). The number of para-hydroxylation sites is 2. The summed E-state index contributed by atoms with van der Waals surface area (Å²) in [6, 6.07) is 7.52. The van der Waals surface area contributed by atoms with Gasteiger partial charge < -0.3 is 14.8 Å². The Bertz CT molecular complexity index is 781. The Labute approximate surface area is 164 Å². The molecule has 1 aromatic heterocycles. The quantitative estimate of drug-likeness (QED) is 0.530. The maximum absolute atomic E-state index is 12.0. The first-order valence-corrected chi connectivity index (χ1v) is 10.8. The SMILES string of the molecule is C=C(C)CSc1nnc(SCC(=O)NCC2COc3ccccc3O2)s1. The molecule has 0 spiro atoms. The van der Waals surface area contributed by atoms with Crippen LogP contribution in [0.25, 0.3) is 0 Å². The van der Waals surface area contributed by atoms with Gasteiger partial charge in [0.2, 0.25) is 5.91 Å². The van der Waals surface area contributed by atoms with Gasteiger partial charge in [0.25, 0.3) is 0 Å². The zero-order valence-corrected chi connectivity index (χ0v) is 16.7. The van der Waals surface area contributed by atoms with Crippen LogP contribution in [0.1, 0.15) is 6.92 Å². The van der Waals surface area contributed by atoms with Gasteiger partial charge in [-0.15, -0.1) is 10.2 Å². The van der Waals surface area contributed by atoms with Crippen LogP contribution in [-0.2, 0) is 4.79 Å². The second kappa shape index (κ2) is 9.29. The third kappa shape index (κ3) is 5.65. The summed E-state index contributed by atoms with van der Waals surface area (Å²) < 4.78 is 13.1. The van der Waals surface area contributed by atoms with Gasteiger partial charge in [-0.2, -0.15) is 0 Å². The molecule has 3 rings (SSSR count). The van der Waals surface area contributed by atoms with E-state index in [1.54, 1.807) is 11.8 Å². The minimum atomic E-state index is -0.189. The monoisotopic (exact) mass is 409 g/mol. The molecule has 0 saturated heterocycles. The zero-order valence-electron chi connectivity index (χ0n) is 14.3. The molecule has 138 valence electrons. The maximum atomic E-state index is 12.0. The molecule has 1 N–H and O–H groups in total. The summed E-state index contributed by atoms with van der Waals surface area (Å²) in [6.07, 6.45) is -0.189. The van der Waals surface area contributed by atoms with E-state index in [9.17, 15) is 4.79 Å². The summed E-state index contributed by atoms with van der Waals surface area (Å²) in [7, 11) is 0. The highest BCUT2D eigenvalue weighted by Crippen LogP contribution is 2.31. The highest BCUT2D eigenvalue weighted by atomic mass is 32.2. The van der Waals surface area contributed by atoms with Crippen molar-refractivity contribution >= 4 is 40.8 Å². The fourth-order valence-electron chi connectivity index (χ4n) is 2.07. The van der Waals surface area contributed by atoms with Gasteiger partial charge in [0.1, 0.15) is 12.7 Å². The molecule has 0 radical (unpaired) electrons. The first-order chi connectivity index (χ1) is 12.6. The number of aromatic nitrogens is 2. The predicted molar refractivity (Wildman–Crippen MR) is 106 cm³/mol. The van der Waals surface area contributed by atoms with E-state index in [2.05, 4.69) is 22.1 Å². The number of hydrogen-bond acceptors (Lipinski definition) is 8. The lowest BCUT2D eigenvalue weighted by Crippen LogP contribution is -2.41. The third-order valence-corrected chi connectivity index (χ3v) is 6.67. The fourth-order valence-corrected chi connectivity index (χ4v) is 4.76. The Kier molecular flexibility index (Phi) is 6.81. The van der Waals surface area contributed by atoms with E-state index < -0.39 is 0 Å². The van der Waals surface area contributed by atoms with Crippen LogP contribution in [0.3, 0.4) is 0 Å². The molecule has 0 bridgehead atoms. The van der Waals surface area contributed by atoms with Crippen LogP contribution in [0.4, 0.5) is 0 Å². The third-order valence-electron chi connectivity index (χ3n) is 3.25. The van der Waals surface area contributed by atoms with Crippen LogP contribution >= 0.6 is 34.9 Å². The van der Waals surface area contributed by atoms with Crippen LogP contribution < -0.4 is 14.8 Å². The average Bonchev–Trinajstić information content (AvgIpc) is 3.11. The summed E-state index contributed by atoms with van der Waals surface area (Å²) in [6.45, 7) is 6.67. The Morgan fingerprint density at radius 3 is 2.69 bits per heavy atom. The molecule has 2 heterocycles. The Balaban J connectivity index is 1.38. The molecule has 1 aromatic carbocycles. The van der Waals surface area contributed by atoms with Crippen LogP contribution in [0.5, 0.6) is 11.5 Å². The van der Waals surface area contributed by atoms with Crippen LogP contribution in [0.15, 0.2) is 45.1 Å². The molecule has 1 amide bonds. The van der Waals surface area contributed by atoms with Crippen molar-refractivity contribution in [3.8, 4) is 11.5 Å². The highest BCUT2D eigenvalue weighted by molar-refractivity contribution is 8.03.